The van der Waals surface area contributed by atoms with Gasteiger partial charge in [0, 0.05) is 6.42 Å². The van der Waals surface area contributed by atoms with Crippen LogP contribution in [-0.2, 0) is 14.3 Å². The highest BCUT2D eigenvalue weighted by Crippen LogP contribution is 2.14. The van der Waals surface area contributed by atoms with Gasteiger partial charge in [0.1, 0.15) is 0 Å². The molecule has 1 heterocycles. The maximum Gasteiger partial charge on any atom is 0.306 e. The van der Waals surface area contributed by atoms with E-state index in [9.17, 15) is 9.59 Å². The average Bonchev–Trinajstić information content (AvgIpc) is 1.88. The van der Waals surface area contributed by atoms with Crippen LogP contribution in [-0.4, -0.2) is 17.9 Å². The molecule has 0 radical (unpaired) electrons. The summed E-state index contributed by atoms with van der Waals surface area (Å²) in [4.78, 5) is 21.3. The highest BCUT2D eigenvalue weighted by Gasteiger charge is 2.23. The van der Waals surface area contributed by atoms with E-state index in [-0.39, 0.29) is 11.8 Å². The number of ether oxygens (including phenoxy) is 1. The minimum absolute atomic E-state index is 0.0481. The van der Waals surface area contributed by atoms with E-state index in [4.69, 9.17) is 4.74 Å². The van der Waals surface area contributed by atoms with Crippen molar-refractivity contribution in [3.05, 3.63) is 0 Å². The molecule has 1 atom stereocenters. The fraction of sp³-hybridized carbons (Fsp3) is 0.714. The molecule has 0 spiro atoms. The molecule has 3 heteroatoms. The molecule has 1 saturated heterocycles. The van der Waals surface area contributed by atoms with Gasteiger partial charge in [0.25, 0.3) is 0 Å². The average molecular weight is 142 g/mol. The molecule has 0 aromatic carbocycles. The first-order valence-corrected chi connectivity index (χ1v) is 3.40. The summed E-state index contributed by atoms with van der Waals surface area (Å²) in [6.07, 6.45) is 1.48. The summed E-state index contributed by atoms with van der Waals surface area (Å²) >= 11 is 0. The fourth-order valence-corrected chi connectivity index (χ4v) is 0.995. The molecule has 1 aliphatic heterocycles. The summed E-state index contributed by atoms with van der Waals surface area (Å²) in [5, 5.41) is 0. The normalized spacial score (nSPS) is 25.7. The quantitative estimate of drug-likeness (QED) is 0.505. The van der Waals surface area contributed by atoms with Gasteiger partial charge in [0.05, 0.1) is 0 Å². The predicted molar refractivity (Wildman–Crippen MR) is 34.4 cm³/mol. The summed E-state index contributed by atoms with van der Waals surface area (Å²) in [7, 11) is 0. The molecule has 3 nitrogen and oxygen atoms in total. The SMILES string of the molecule is CC(=O)[C@@H]1CCCC(=O)O1. The van der Waals surface area contributed by atoms with E-state index in [1.165, 1.54) is 6.92 Å². The van der Waals surface area contributed by atoms with Gasteiger partial charge in [0.2, 0.25) is 0 Å². The lowest BCUT2D eigenvalue weighted by molar-refractivity contribution is -0.158. The second-order valence-electron chi connectivity index (χ2n) is 2.48. The molecule has 0 aliphatic carbocycles. The maximum atomic E-state index is 10.7. The Kier molecular flexibility index (Phi) is 2.04. The number of rotatable bonds is 1. The monoisotopic (exact) mass is 142 g/mol. The Hall–Kier alpha value is -0.860. The number of ketones is 1. The van der Waals surface area contributed by atoms with Crippen molar-refractivity contribution < 1.29 is 14.3 Å². The van der Waals surface area contributed by atoms with Crippen LogP contribution in [0.25, 0.3) is 0 Å². The number of Topliss-reactive ketones (excluding diaryl/α,β-unsaturated/α-hetero) is 1. The van der Waals surface area contributed by atoms with E-state index in [0.717, 1.165) is 6.42 Å². The van der Waals surface area contributed by atoms with E-state index in [1.807, 2.05) is 0 Å². The van der Waals surface area contributed by atoms with E-state index in [0.29, 0.717) is 12.8 Å². The summed E-state index contributed by atoms with van der Waals surface area (Å²) in [5.41, 5.74) is 0. The predicted octanol–water partition coefficient (Wildman–Crippen LogP) is 0.671. The van der Waals surface area contributed by atoms with E-state index in [1.54, 1.807) is 0 Å². The Morgan fingerprint density at radius 2 is 2.40 bits per heavy atom. The first kappa shape index (κ1) is 7.25. The Morgan fingerprint density at radius 3 is 2.80 bits per heavy atom. The molecule has 0 saturated carbocycles. The molecule has 0 unspecified atom stereocenters. The van der Waals surface area contributed by atoms with Crippen LogP contribution >= 0.6 is 0 Å². The molecule has 1 aliphatic rings. The third kappa shape index (κ3) is 1.56. The summed E-state index contributed by atoms with van der Waals surface area (Å²) in [5.74, 6) is -0.292. The van der Waals surface area contributed by atoms with Gasteiger partial charge in [0.15, 0.2) is 11.9 Å². The van der Waals surface area contributed by atoms with Crippen LogP contribution in [0.15, 0.2) is 0 Å². The Morgan fingerprint density at radius 1 is 1.70 bits per heavy atom. The highest BCUT2D eigenvalue weighted by atomic mass is 16.5. The molecule has 56 valence electrons. The van der Waals surface area contributed by atoms with Gasteiger partial charge < -0.3 is 4.74 Å². The Bertz CT molecular complexity index is 160. The van der Waals surface area contributed by atoms with Crippen molar-refractivity contribution in [3.8, 4) is 0 Å². The van der Waals surface area contributed by atoms with Crippen LogP contribution in [0.3, 0.4) is 0 Å². The second kappa shape index (κ2) is 2.82. The van der Waals surface area contributed by atoms with Gasteiger partial charge in [-0.1, -0.05) is 0 Å². The van der Waals surface area contributed by atoms with Crippen LogP contribution < -0.4 is 0 Å². The Labute approximate surface area is 59.4 Å². The molecule has 1 fully saturated rings. The number of carbonyl (C=O) groups is 2. The molecule has 0 aromatic rings. The number of cyclic esters (lactones) is 1. The minimum atomic E-state index is -0.457. The van der Waals surface area contributed by atoms with Crippen molar-refractivity contribution in [2.75, 3.05) is 0 Å². The zero-order valence-corrected chi connectivity index (χ0v) is 5.92. The van der Waals surface area contributed by atoms with Crippen molar-refractivity contribution >= 4 is 11.8 Å². The first-order valence-electron chi connectivity index (χ1n) is 3.40. The van der Waals surface area contributed by atoms with Gasteiger partial charge in [-0.2, -0.15) is 0 Å². The molecule has 0 bridgehead atoms. The summed E-state index contributed by atoms with van der Waals surface area (Å²) in [6.45, 7) is 1.45. The van der Waals surface area contributed by atoms with E-state index >= 15 is 0 Å². The minimum Gasteiger partial charge on any atom is -0.454 e. The molecular formula is C7H10O3. The van der Waals surface area contributed by atoms with Gasteiger partial charge in [-0.15, -0.1) is 0 Å². The molecule has 10 heavy (non-hydrogen) atoms. The lowest BCUT2D eigenvalue weighted by atomic mass is 10.1. The third-order valence-electron chi connectivity index (χ3n) is 1.57. The van der Waals surface area contributed by atoms with Crippen LogP contribution in [0.2, 0.25) is 0 Å². The summed E-state index contributed by atoms with van der Waals surface area (Å²) in [6, 6.07) is 0. The lowest BCUT2D eigenvalue weighted by Crippen LogP contribution is -2.29. The standard InChI is InChI=1S/C7H10O3/c1-5(8)6-3-2-4-7(9)10-6/h6H,2-4H2,1H3/t6-/m0/s1. The molecule has 1 rings (SSSR count). The van der Waals surface area contributed by atoms with Crippen molar-refractivity contribution in [2.24, 2.45) is 0 Å². The maximum absolute atomic E-state index is 10.7. The van der Waals surface area contributed by atoms with Crippen molar-refractivity contribution in [3.63, 3.8) is 0 Å². The van der Waals surface area contributed by atoms with Crippen LogP contribution in [0.4, 0.5) is 0 Å². The topological polar surface area (TPSA) is 43.4 Å². The smallest absolute Gasteiger partial charge is 0.306 e. The van der Waals surface area contributed by atoms with Crippen molar-refractivity contribution in [1.82, 2.24) is 0 Å². The van der Waals surface area contributed by atoms with Gasteiger partial charge in [-0.25, -0.2) is 0 Å². The molecule has 0 N–H and O–H groups in total. The van der Waals surface area contributed by atoms with Gasteiger partial charge in [-0.3, -0.25) is 9.59 Å². The largest absolute Gasteiger partial charge is 0.454 e. The number of esters is 1. The van der Waals surface area contributed by atoms with Crippen LogP contribution in [0.5, 0.6) is 0 Å². The van der Waals surface area contributed by atoms with Gasteiger partial charge >= 0.3 is 5.97 Å². The second-order valence-corrected chi connectivity index (χ2v) is 2.48. The Balaban J connectivity index is 2.47. The third-order valence-corrected chi connectivity index (χ3v) is 1.57. The molecule has 0 amide bonds. The number of hydrogen-bond acceptors (Lipinski definition) is 3. The first-order chi connectivity index (χ1) is 4.70. The van der Waals surface area contributed by atoms with Crippen LogP contribution in [0.1, 0.15) is 26.2 Å². The van der Waals surface area contributed by atoms with E-state index in [2.05, 4.69) is 0 Å². The fourth-order valence-electron chi connectivity index (χ4n) is 0.995. The van der Waals surface area contributed by atoms with Crippen molar-refractivity contribution in [2.45, 2.75) is 32.3 Å². The zero-order chi connectivity index (χ0) is 7.56. The van der Waals surface area contributed by atoms with Crippen LogP contribution in [0, 0.1) is 0 Å². The molecule has 0 aromatic heterocycles. The zero-order valence-electron chi connectivity index (χ0n) is 5.92. The van der Waals surface area contributed by atoms with Gasteiger partial charge in [-0.05, 0) is 19.8 Å². The lowest BCUT2D eigenvalue weighted by Gasteiger charge is -2.19. The van der Waals surface area contributed by atoms with Crippen molar-refractivity contribution in [1.29, 1.82) is 0 Å². The summed E-state index contributed by atoms with van der Waals surface area (Å²) < 4.78 is 4.76. The van der Waals surface area contributed by atoms with E-state index < -0.39 is 6.10 Å². The number of carbonyl (C=O) groups excluding carboxylic acids is 2. The molecular weight excluding hydrogens is 132 g/mol. The number of hydrogen-bond donors (Lipinski definition) is 0. The highest BCUT2D eigenvalue weighted by molar-refractivity contribution is 5.84.